The summed E-state index contributed by atoms with van der Waals surface area (Å²) in [6.45, 7) is 1.91. The molecule has 16 heavy (non-hydrogen) atoms. The molecule has 0 unspecified atom stereocenters. The summed E-state index contributed by atoms with van der Waals surface area (Å²) >= 11 is 7.02. The van der Waals surface area contributed by atoms with Crippen molar-refractivity contribution in [2.45, 2.75) is 6.92 Å². The van der Waals surface area contributed by atoms with Crippen LogP contribution in [0.1, 0.15) is 15.4 Å². The maximum atomic E-state index is 11.7. The largest absolute Gasteiger partial charge is 0.296 e. The normalized spacial score (nSPS) is 10.1. The Kier molecular flexibility index (Phi) is 3.12. The van der Waals surface area contributed by atoms with Gasteiger partial charge in [0.1, 0.15) is 10.8 Å². The van der Waals surface area contributed by atoms with Crippen molar-refractivity contribution in [2.75, 3.05) is 5.32 Å². The molecule has 82 valence electrons. The highest BCUT2D eigenvalue weighted by Crippen LogP contribution is 2.17. The standard InChI is InChI=1S/C9H7ClN4OS/c1-5-2-12-9(16-5)14-8(15)6-3-11-4-7(10)13-6/h2-4H,1H3,(H,12,14,15). The molecule has 7 heteroatoms. The predicted molar refractivity (Wildman–Crippen MR) is 61.8 cm³/mol. The molecule has 0 aromatic carbocycles. The minimum Gasteiger partial charge on any atom is -0.296 e. The maximum Gasteiger partial charge on any atom is 0.277 e. The summed E-state index contributed by atoms with van der Waals surface area (Å²) in [5.41, 5.74) is 0.167. The van der Waals surface area contributed by atoms with Crippen molar-refractivity contribution in [1.29, 1.82) is 0 Å². The average Bonchev–Trinajstić information content (AvgIpc) is 2.64. The third kappa shape index (κ3) is 2.53. The third-order valence-corrected chi connectivity index (χ3v) is 2.69. The van der Waals surface area contributed by atoms with Crippen LogP contribution in [-0.4, -0.2) is 20.9 Å². The van der Waals surface area contributed by atoms with Crippen LogP contribution in [0.5, 0.6) is 0 Å². The maximum absolute atomic E-state index is 11.7. The zero-order valence-electron chi connectivity index (χ0n) is 8.27. The summed E-state index contributed by atoms with van der Waals surface area (Å²) in [6, 6.07) is 0. The minimum absolute atomic E-state index is 0.167. The topological polar surface area (TPSA) is 67.8 Å². The first kappa shape index (κ1) is 11.0. The lowest BCUT2D eigenvalue weighted by atomic mass is 10.4. The van der Waals surface area contributed by atoms with Crippen LogP contribution in [0, 0.1) is 6.92 Å². The number of aryl methyl sites for hydroxylation is 1. The number of amides is 1. The van der Waals surface area contributed by atoms with Gasteiger partial charge in [-0.15, -0.1) is 11.3 Å². The molecule has 0 saturated heterocycles. The van der Waals surface area contributed by atoms with Gasteiger partial charge in [0.2, 0.25) is 0 Å². The van der Waals surface area contributed by atoms with E-state index in [-0.39, 0.29) is 16.8 Å². The SMILES string of the molecule is Cc1cnc(NC(=O)c2cncc(Cl)n2)s1. The highest BCUT2D eigenvalue weighted by molar-refractivity contribution is 7.15. The number of carbonyl (C=O) groups excluding carboxylic acids is 1. The van der Waals surface area contributed by atoms with E-state index in [4.69, 9.17) is 11.6 Å². The molecule has 2 aromatic rings. The summed E-state index contributed by atoms with van der Waals surface area (Å²) in [6.07, 6.45) is 4.40. The van der Waals surface area contributed by atoms with E-state index < -0.39 is 0 Å². The van der Waals surface area contributed by atoms with Crippen molar-refractivity contribution in [3.63, 3.8) is 0 Å². The Labute approximate surface area is 101 Å². The van der Waals surface area contributed by atoms with Crippen LogP contribution >= 0.6 is 22.9 Å². The molecule has 0 spiro atoms. The Morgan fingerprint density at radius 3 is 2.88 bits per heavy atom. The van der Waals surface area contributed by atoms with Gasteiger partial charge in [-0.05, 0) is 6.92 Å². The fourth-order valence-corrected chi connectivity index (χ4v) is 1.83. The molecule has 2 aromatic heterocycles. The molecule has 0 aliphatic carbocycles. The third-order valence-electron chi connectivity index (χ3n) is 1.68. The Balaban J connectivity index is 2.14. The Morgan fingerprint density at radius 2 is 2.25 bits per heavy atom. The summed E-state index contributed by atoms with van der Waals surface area (Å²) in [5.74, 6) is -0.371. The molecular formula is C9H7ClN4OS. The average molecular weight is 255 g/mol. The number of hydrogen-bond donors (Lipinski definition) is 1. The van der Waals surface area contributed by atoms with Crippen LogP contribution < -0.4 is 5.32 Å². The van der Waals surface area contributed by atoms with Gasteiger partial charge in [0, 0.05) is 11.1 Å². The summed E-state index contributed by atoms with van der Waals surface area (Å²) in [7, 11) is 0. The van der Waals surface area contributed by atoms with E-state index in [0.717, 1.165) is 4.88 Å². The molecule has 1 N–H and O–H groups in total. The lowest BCUT2D eigenvalue weighted by molar-refractivity contribution is 0.102. The van der Waals surface area contributed by atoms with Crippen LogP contribution in [0.4, 0.5) is 5.13 Å². The highest BCUT2D eigenvalue weighted by atomic mass is 35.5. The van der Waals surface area contributed by atoms with E-state index in [9.17, 15) is 4.79 Å². The van der Waals surface area contributed by atoms with Crippen molar-refractivity contribution in [1.82, 2.24) is 15.0 Å². The second kappa shape index (κ2) is 4.54. The Morgan fingerprint density at radius 1 is 1.44 bits per heavy atom. The van der Waals surface area contributed by atoms with E-state index >= 15 is 0 Å². The van der Waals surface area contributed by atoms with E-state index in [1.807, 2.05) is 6.92 Å². The first-order valence-electron chi connectivity index (χ1n) is 4.36. The zero-order valence-corrected chi connectivity index (χ0v) is 9.84. The number of carbonyl (C=O) groups is 1. The van der Waals surface area contributed by atoms with Gasteiger partial charge < -0.3 is 0 Å². The second-order valence-corrected chi connectivity index (χ2v) is 4.58. The fraction of sp³-hybridized carbons (Fsp3) is 0.111. The van der Waals surface area contributed by atoms with Gasteiger partial charge >= 0.3 is 0 Å². The van der Waals surface area contributed by atoms with Gasteiger partial charge in [-0.25, -0.2) is 9.97 Å². The summed E-state index contributed by atoms with van der Waals surface area (Å²) < 4.78 is 0. The molecule has 1 amide bonds. The first-order valence-corrected chi connectivity index (χ1v) is 5.56. The van der Waals surface area contributed by atoms with Crippen LogP contribution in [0.3, 0.4) is 0 Å². The van der Waals surface area contributed by atoms with Gasteiger partial charge in [0.05, 0.1) is 12.4 Å². The molecule has 0 aliphatic rings. The van der Waals surface area contributed by atoms with Crippen LogP contribution in [0.2, 0.25) is 5.15 Å². The first-order chi connectivity index (χ1) is 7.65. The highest BCUT2D eigenvalue weighted by Gasteiger charge is 2.10. The van der Waals surface area contributed by atoms with E-state index in [1.54, 1.807) is 6.20 Å². The van der Waals surface area contributed by atoms with Crippen LogP contribution in [0.25, 0.3) is 0 Å². The van der Waals surface area contributed by atoms with Gasteiger partial charge in [-0.1, -0.05) is 11.6 Å². The number of nitrogens with one attached hydrogen (secondary N) is 1. The molecule has 0 saturated carbocycles. The number of hydrogen-bond acceptors (Lipinski definition) is 5. The summed E-state index contributed by atoms with van der Waals surface area (Å²) in [5, 5.41) is 3.33. The number of anilines is 1. The molecule has 2 rings (SSSR count). The van der Waals surface area contributed by atoms with E-state index in [0.29, 0.717) is 5.13 Å². The molecule has 2 heterocycles. The second-order valence-electron chi connectivity index (χ2n) is 2.96. The quantitative estimate of drug-likeness (QED) is 0.892. The zero-order chi connectivity index (χ0) is 11.5. The summed E-state index contributed by atoms with van der Waals surface area (Å²) in [4.78, 5) is 24.3. The predicted octanol–water partition coefficient (Wildman–Crippen LogP) is 2.15. The van der Waals surface area contributed by atoms with Gasteiger partial charge in [-0.2, -0.15) is 0 Å². The molecule has 0 aliphatic heterocycles. The molecule has 0 radical (unpaired) electrons. The van der Waals surface area contributed by atoms with Crippen LogP contribution in [-0.2, 0) is 0 Å². The number of aromatic nitrogens is 3. The van der Waals surface area contributed by atoms with E-state index in [1.165, 1.54) is 23.7 Å². The molecule has 0 atom stereocenters. The van der Waals surface area contributed by atoms with Gasteiger partial charge in [0.25, 0.3) is 5.91 Å². The van der Waals surface area contributed by atoms with Crippen molar-refractivity contribution in [2.24, 2.45) is 0 Å². The smallest absolute Gasteiger partial charge is 0.277 e. The lowest BCUT2D eigenvalue weighted by Crippen LogP contribution is -2.13. The Bertz CT molecular complexity index is 528. The van der Waals surface area contributed by atoms with Crippen molar-refractivity contribution >= 4 is 34.0 Å². The molecule has 5 nitrogen and oxygen atoms in total. The van der Waals surface area contributed by atoms with Gasteiger partial charge in [-0.3, -0.25) is 15.1 Å². The number of halogens is 1. The minimum atomic E-state index is -0.371. The van der Waals surface area contributed by atoms with Crippen molar-refractivity contribution < 1.29 is 4.79 Å². The monoisotopic (exact) mass is 254 g/mol. The number of rotatable bonds is 2. The number of thiazole rings is 1. The van der Waals surface area contributed by atoms with Gasteiger partial charge in [0.15, 0.2) is 5.13 Å². The van der Waals surface area contributed by atoms with E-state index in [2.05, 4.69) is 20.3 Å². The molecule has 0 fully saturated rings. The van der Waals surface area contributed by atoms with Crippen molar-refractivity contribution in [3.8, 4) is 0 Å². The number of nitrogens with zero attached hydrogens (tertiary/aromatic N) is 3. The lowest BCUT2D eigenvalue weighted by Gasteiger charge is -1.99. The molecule has 0 bridgehead atoms. The van der Waals surface area contributed by atoms with Crippen molar-refractivity contribution in [3.05, 3.63) is 34.3 Å². The van der Waals surface area contributed by atoms with Crippen LogP contribution in [0.15, 0.2) is 18.6 Å². The Hall–Kier alpha value is -1.53. The fourth-order valence-electron chi connectivity index (χ4n) is 1.03. The molecular weight excluding hydrogens is 248 g/mol.